The highest BCUT2D eigenvalue weighted by Crippen LogP contribution is 2.29. The number of H-pyrrole nitrogens is 1. The largest absolute Gasteiger partial charge is 0.282 e. The van der Waals surface area contributed by atoms with Crippen LogP contribution in [-0.4, -0.2) is 20.0 Å². The first-order valence-corrected chi connectivity index (χ1v) is 9.42. The number of hydrogen-bond donors (Lipinski definition) is 1. The van der Waals surface area contributed by atoms with Crippen molar-refractivity contribution in [2.45, 2.75) is 6.92 Å². The molecule has 0 saturated heterocycles. The van der Waals surface area contributed by atoms with Gasteiger partial charge in [0.2, 0.25) is 0 Å². The van der Waals surface area contributed by atoms with Crippen molar-refractivity contribution in [3.05, 3.63) is 86.8 Å². The fourth-order valence-electron chi connectivity index (χ4n) is 2.84. The van der Waals surface area contributed by atoms with Gasteiger partial charge in [-0.1, -0.05) is 24.3 Å². The monoisotopic (exact) mass is 385 g/mol. The summed E-state index contributed by atoms with van der Waals surface area (Å²) >= 11 is 1.62. The SMILES string of the molecule is Cc1c(/C=C/c2cn(-c3ccccc3)nc2-c2cccs2)n[nH]c(=O)c1C#N. The molecule has 3 aromatic heterocycles. The summed E-state index contributed by atoms with van der Waals surface area (Å²) in [6.45, 7) is 1.72. The molecule has 6 nitrogen and oxygen atoms in total. The third kappa shape index (κ3) is 3.29. The minimum Gasteiger partial charge on any atom is -0.267 e. The molecule has 0 saturated carbocycles. The number of rotatable bonds is 4. The summed E-state index contributed by atoms with van der Waals surface area (Å²) in [6.07, 6.45) is 5.64. The van der Waals surface area contributed by atoms with Crippen molar-refractivity contribution in [2.24, 2.45) is 0 Å². The summed E-state index contributed by atoms with van der Waals surface area (Å²) in [6, 6.07) is 15.8. The number of aromatic nitrogens is 4. The van der Waals surface area contributed by atoms with Gasteiger partial charge >= 0.3 is 0 Å². The van der Waals surface area contributed by atoms with Crippen LogP contribution < -0.4 is 5.56 Å². The maximum atomic E-state index is 11.7. The van der Waals surface area contributed by atoms with Crippen LogP contribution in [0, 0.1) is 18.3 Å². The van der Waals surface area contributed by atoms with Gasteiger partial charge in [-0.2, -0.15) is 15.5 Å². The number of aromatic amines is 1. The molecule has 0 bridgehead atoms. The topological polar surface area (TPSA) is 87.4 Å². The third-order valence-electron chi connectivity index (χ3n) is 4.31. The minimum atomic E-state index is -0.478. The number of benzene rings is 1. The molecule has 0 radical (unpaired) electrons. The molecule has 0 aliphatic carbocycles. The lowest BCUT2D eigenvalue weighted by Gasteiger charge is -2.00. The summed E-state index contributed by atoms with van der Waals surface area (Å²) in [7, 11) is 0. The molecule has 7 heteroatoms. The normalized spacial score (nSPS) is 11.0. The van der Waals surface area contributed by atoms with Gasteiger partial charge in [-0.05, 0) is 48.2 Å². The van der Waals surface area contributed by atoms with Crippen LogP contribution in [0.4, 0.5) is 0 Å². The van der Waals surface area contributed by atoms with E-state index in [4.69, 9.17) is 5.10 Å². The van der Waals surface area contributed by atoms with Crippen LogP contribution in [0.1, 0.15) is 22.4 Å². The van der Waals surface area contributed by atoms with Crippen molar-refractivity contribution >= 4 is 23.5 Å². The van der Waals surface area contributed by atoms with Crippen molar-refractivity contribution in [2.75, 3.05) is 0 Å². The maximum absolute atomic E-state index is 11.7. The van der Waals surface area contributed by atoms with Gasteiger partial charge in [-0.25, -0.2) is 9.78 Å². The molecule has 1 aromatic carbocycles. The van der Waals surface area contributed by atoms with Gasteiger partial charge in [0.15, 0.2) is 0 Å². The zero-order chi connectivity index (χ0) is 19.5. The predicted molar refractivity (Wildman–Crippen MR) is 110 cm³/mol. The Kier molecular flexibility index (Phi) is 4.70. The molecule has 28 heavy (non-hydrogen) atoms. The number of hydrogen-bond acceptors (Lipinski definition) is 5. The minimum absolute atomic E-state index is 0.0770. The first kappa shape index (κ1) is 17.6. The van der Waals surface area contributed by atoms with Gasteiger partial charge < -0.3 is 0 Å². The molecule has 4 aromatic rings. The lowest BCUT2D eigenvalue weighted by molar-refractivity contribution is 0.885. The third-order valence-corrected chi connectivity index (χ3v) is 5.19. The van der Waals surface area contributed by atoms with Gasteiger partial charge in [0.05, 0.1) is 16.3 Å². The van der Waals surface area contributed by atoms with Crippen molar-refractivity contribution in [3.63, 3.8) is 0 Å². The van der Waals surface area contributed by atoms with E-state index in [1.807, 2.05) is 70.9 Å². The highest BCUT2D eigenvalue weighted by molar-refractivity contribution is 7.13. The molecule has 0 aliphatic heterocycles. The van der Waals surface area contributed by atoms with E-state index in [0.29, 0.717) is 11.3 Å². The summed E-state index contributed by atoms with van der Waals surface area (Å²) in [5, 5.41) is 22.4. The Balaban J connectivity index is 1.80. The molecule has 0 atom stereocenters. The van der Waals surface area contributed by atoms with E-state index in [-0.39, 0.29) is 5.56 Å². The Morgan fingerprint density at radius 3 is 2.71 bits per heavy atom. The highest BCUT2D eigenvalue weighted by atomic mass is 32.1. The van der Waals surface area contributed by atoms with E-state index in [9.17, 15) is 10.1 Å². The standard InChI is InChI=1S/C21H15N5OS/c1-14-17(12-22)21(27)24-23-18(14)10-9-15-13-26(16-6-3-2-4-7-16)25-20(15)19-8-5-11-28-19/h2-11,13H,1H3,(H,24,27)/b10-9+. The summed E-state index contributed by atoms with van der Waals surface area (Å²) < 4.78 is 1.84. The van der Waals surface area contributed by atoms with Crippen molar-refractivity contribution < 1.29 is 0 Å². The average Bonchev–Trinajstić information content (AvgIpc) is 3.38. The van der Waals surface area contributed by atoms with E-state index in [1.165, 1.54) is 0 Å². The first-order chi connectivity index (χ1) is 13.7. The van der Waals surface area contributed by atoms with E-state index in [1.54, 1.807) is 24.3 Å². The smallest absolute Gasteiger partial charge is 0.267 e. The quantitative estimate of drug-likeness (QED) is 0.574. The molecule has 4 rings (SSSR count). The number of para-hydroxylation sites is 1. The zero-order valence-electron chi connectivity index (χ0n) is 15.0. The number of thiophene rings is 1. The predicted octanol–water partition coefficient (Wildman–Crippen LogP) is 4.03. The Labute approximate surface area is 165 Å². The average molecular weight is 385 g/mol. The molecule has 136 valence electrons. The zero-order valence-corrected chi connectivity index (χ0v) is 15.8. The van der Waals surface area contributed by atoms with Gasteiger partial charge in [-0.15, -0.1) is 11.3 Å². The molecular weight excluding hydrogens is 370 g/mol. The molecule has 1 N–H and O–H groups in total. The number of nitrogens with one attached hydrogen (secondary N) is 1. The highest BCUT2D eigenvalue weighted by Gasteiger charge is 2.12. The second kappa shape index (κ2) is 7.47. The van der Waals surface area contributed by atoms with Crippen LogP contribution in [0.2, 0.25) is 0 Å². The lowest BCUT2D eigenvalue weighted by Crippen LogP contribution is -2.15. The van der Waals surface area contributed by atoms with Crippen LogP contribution in [0.25, 0.3) is 28.4 Å². The van der Waals surface area contributed by atoms with Crippen LogP contribution in [0.15, 0.2) is 58.8 Å². The van der Waals surface area contributed by atoms with E-state index >= 15 is 0 Å². The van der Waals surface area contributed by atoms with Gasteiger partial charge in [-0.3, -0.25) is 4.79 Å². The molecular formula is C21H15N5OS. The second-order valence-corrected chi connectivity index (χ2v) is 7.02. The van der Waals surface area contributed by atoms with Gasteiger partial charge in [0, 0.05) is 11.8 Å². The summed E-state index contributed by atoms with van der Waals surface area (Å²) in [4.78, 5) is 12.7. The van der Waals surface area contributed by atoms with E-state index < -0.39 is 5.56 Å². The Morgan fingerprint density at radius 2 is 2.00 bits per heavy atom. The molecule has 0 aliphatic rings. The maximum Gasteiger partial charge on any atom is 0.282 e. The fraction of sp³-hybridized carbons (Fsp3) is 0.0476. The molecule has 0 spiro atoms. The number of nitrogens with zero attached hydrogens (tertiary/aromatic N) is 4. The Morgan fingerprint density at radius 1 is 1.18 bits per heavy atom. The second-order valence-electron chi connectivity index (χ2n) is 6.07. The van der Waals surface area contributed by atoms with Crippen LogP contribution in [0.5, 0.6) is 0 Å². The van der Waals surface area contributed by atoms with Crippen molar-refractivity contribution in [1.29, 1.82) is 5.26 Å². The van der Waals surface area contributed by atoms with Gasteiger partial charge in [0.1, 0.15) is 17.3 Å². The fourth-order valence-corrected chi connectivity index (χ4v) is 3.57. The lowest BCUT2D eigenvalue weighted by atomic mass is 10.1. The van der Waals surface area contributed by atoms with E-state index in [0.717, 1.165) is 21.8 Å². The first-order valence-electron chi connectivity index (χ1n) is 8.54. The summed E-state index contributed by atoms with van der Waals surface area (Å²) in [5.41, 5.74) is 3.43. The van der Waals surface area contributed by atoms with Crippen LogP contribution >= 0.6 is 11.3 Å². The molecule has 0 unspecified atom stereocenters. The van der Waals surface area contributed by atoms with Crippen LogP contribution in [0.3, 0.4) is 0 Å². The summed E-state index contributed by atoms with van der Waals surface area (Å²) in [5.74, 6) is 0. The van der Waals surface area contributed by atoms with Crippen molar-refractivity contribution in [1.82, 2.24) is 20.0 Å². The Bertz CT molecular complexity index is 1240. The Hall–Kier alpha value is -3.76. The molecule has 0 fully saturated rings. The van der Waals surface area contributed by atoms with Crippen molar-refractivity contribution in [3.8, 4) is 22.3 Å². The molecule has 3 heterocycles. The molecule has 0 amide bonds. The van der Waals surface area contributed by atoms with Crippen LogP contribution in [-0.2, 0) is 0 Å². The number of nitriles is 1. The van der Waals surface area contributed by atoms with Gasteiger partial charge in [0.25, 0.3) is 5.56 Å². The van der Waals surface area contributed by atoms with E-state index in [2.05, 4.69) is 10.2 Å².